The highest BCUT2D eigenvalue weighted by Gasteiger charge is 2.41. The smallest absolute Gasteiger partial charge is 0.289 e. The highest BCUT2D eigenvalue weighted by molar-refractivity contribution is 6.38. The Kier molecular flexibility index (Phi) is 8.01. The number of ketones is 1. The molecular weight excluding hydrogens is 494 g/mol. The minimum Gasteiger partial charge on any atom is -0.457 e. The van der Waals surface area contributed by atoms with Crippen molar-refractivity contribution in [1.82, 2.24) is 15.5 Å². The summed E-state index contributed by atoms with van der Waals surface area (Å²) < 4.78 is 5.86. The quantitative estimate of drug-likeness (QED) is 0.393. The van der Waals surface area contributed by atoms with Gasteiger partial charge in [-0.3, -0.25) is 19.2 Å². The van der Waals surface area contributed by atoms with E-state index in [-0.39, 0.29) is 18.4 Å². The van der Waals surface area contributed by atoms with Crippen LogP contribution in [0.2, 0.25) is 0 Å². The monoisotopic (exact) mass is 525 g/mol. The Balaban J connectivity index is 1.33. The minimum atomic E-state index is -0.918. The number of rotatable bonds is 10. The van der Waals surface area contributed by atoms with Gasteiger partial charge in [-0.1, -0.05) is 54.6 Å². The van der Waals surface area contributed by atoms with E-state index in [2.05, 4.69) is 10.6 Å². The molecule has 8 nitrogen and oxygen atoms in total. The van der Waals surface area contributed by atoms with Crippen molar-refractivity contribution in [2.45, 2.75) is 50.2 Å². The maximum absolute atomic E-state index is 13.8. The first-order valence-corrected chi connectivity index (χ1v) is 13.3. The highest BCUT2D eigenvalue weighted by atomic mass is 16.5. The molecule has 0 radical (unpaired) electrons. The van der Waals surface area contributed by atoms with E-state index >= 15 is 0 Å². The van der Waals surface area contributed by atoms with E-state index in [9.17, 15) is 19.2 Å². The third-order valence-electron chi connectivity index (χ3n) is 6.94. The van der Waals surface area contributed by atoms with Gasteiger partial charge in [0.25, 0.3) is 11.8 Å². The summed E-state index contributed by atoms with van der Waals surface area (Å²) in [6, 6.07) is 23.7. The fourth-order valence-corrected chi connectivity index (χ4v) is 4.76. The van der Waals surface area contributed by atoms with Crippen molar-refractivity contribution in [3.05, 3.63) is 96.1 Å². The number of carbonyl (C=O) groups is 4. The lowest BCUT2D eigenvalue weighted by Crippen LogP contribution is -2.54. The number of carbonyl (C=O) groups excluding carboxylic acids is 4. The summed E-state index contributed by atoms with van der Waals surface area (Å²) in [7, 11) is 0. The van der Waals surface area contributed by atoms with Crippen molar-refractivity contribution in [1.29, 1.82) is 0 Å². The van der Waals surface area contributed by atoms with Crippen molar-refractivity contribution in [3.63, 3.8) is 0 Å². The summed E-state index contributed by atoms with van der Waals surface area (Å²) in [5, 5.41) is 5.61. The van der Waals surface area contributed by atoms with Gasteiger partial charge in [0.15, 0.2) is 0 Å². The van der Waals surface area contributed by atoms with Crippen molar-refractivity contribution in [2.24, 2.45) is 0 Å². The van der Waals surface area contributed by atoms with Gasteiger partial charge in [0.05, 0.1) is 0 Å². The van der Waals surface area contributed by atoms with Crippen LogP contribution in [0.3, 0.4) is 0 Å². The van der Waals surface area contributed by atoms with Crippen LogP contribution in [-0.2, 0) is 20.8 Å². The predicted octanol–water partition coefficient (Wildman–Crippen LogP) is 3.66. The second-order valence-corrected chi connectivity index (χ2v) is 9.96. The normalized spacial score (nSPS) is 17.2. The van der Waals surface area contributed by atoms with E-state index in [4.69, 9.17) is 4.74 Å². The van der Waals surface area contributed by atoms with Crippen LogP contribution >= 0.6 is 0 Å². The van der Waals surface area contributed by atoms with Crippen LogP contribution < -0.4 is 15.4 Å². The van der Waals surface area contributed by atoms with E-state index in [1.807, 2.05) is 60.7 Å². The van der Waals surface area contributed by atoms with Gasteiger partial charge in [0.2, 0.25) is 11.7 Å². The molecule has 1 heterocycles. The highest BCUT2D eigenvalue weighted by Crippen LogP contribution is 2.24. The Morgan fingerprint density at radius 2 is 1.54 bits per heavy atom. The molecule has 5 rings (SSSR count). The summed E-state index contributed by atoms with van der Waals surface area (Å²) in [6.45, 7) is 0.355. The second-order valence-electron chi connectivity index (χ2n) is 9.96. The number of hydrogen-bond donors (Lipinski definition) is 2. The molecule has 8 heteroatoms. The van der Waals surface area contributed by atoms with Crippen LogP contribution in [0.25, 0.3) is 0 Å². The lowest BCUT2D eigenvalue weighted by atomic mass is 10.0. The van der Waals surface area contributed by atoms with E-state index in [1.54, 1.807) is 24.3 Å². The van der Waals surface area contributed by atoms with Crippen LogP contribution in [0.5, 0.6) is 11.5 Å². The summed E-state index contributed by atoms with van der Waals surface area (Å²) in [4.78, 5) is 54.0. The molecule has 2 fully saturated rings. The summed E-state index contributed by atoms with van der Waals surface area (Å²) in [6.07, 6.45) is 3.03. The van der Waals surface area contributed by atoms with Gasteiger partial charge < -0.3 is 20.3 Å². The average Bonchev–Trinajstić information content (AvgIpc) is 3.64. The molecule has 1 saturated carbocycles. The molecule has 39 heavy (non-hydrogen) atoms. The molecule has 200 valence electrons. The summed E-state index contributed by atoms with van der Waals surface area (Å²) >= 11 is 0. The van der Waals surface area contributed by atoms with Gasteiger partial charge in [-0.25, -0.2) is 0 Å². The number of para-hydroxylation sites is 1. The molecule has 1 aliphatic carbocycles. The number of likely N-dealkylation sites (tertiary alicyclic amines) is 1. The first-order chi connectivity index (χ1) is 19.0. The number of nitrogens with zero attached hydrogens (tertiary/aromatic N) is 1. The maximum Gasteiger partial charge on any atom is 0.289 e. The zero-order valence-corrected chi connectivity index (χ0v) is 21.5. The van der Waals surface area contributed by atoms with Gasteiger partial charge in [-0.2, -0.15) is 0 Å². The molecule has 0 bridgehead atoms. The third-order valence-corrected chi connectivity index (χ3v) is 6.94. The standard InChI is InChI=1S/C31H31N3O5/c35-28(30(37)32-23-16-17-23)27-15-8-18-34(27)31(38)26(19-21-9-3-1-4-10-21)33-29(36)22-11-7-14-25(20-22)39-24-12-5-2-6-13-24/h1-7,9-14,20,23,26-27H,8,15-19H2,(H,32,37)(H,33,36)/t26-,27?/m0/s1. The number of ether oxygens (including phenoxy) is 1. The number of nitrogens with one attached hydrogen (secondary N) is 2. The van der Waals surface area contributed by atoms with Gasteiger partial charge in [0, 0.05) is 24.6 Å². The maximum atomic E-state index is 13.8. The lowest BCUT2D eigenvalue weighted by molar-refractivity contribution is -0.145. The molecule has 1 unspecified atom stereocenters. The van der Waals surface area contributed by atoms with Crippen molar-refractivity contribution in [3.8, 4) is 11.5 Å². The number of benzene rings is 3. The van der Waals surface area contributed by atoms with Gasteiger partial charge in [-0.05, 0) is 61.6 Å². The Bertz CT molecular complexity index is 1340. The van der Waals surface area contributed by atoms with Crippen LogP contribution in [0.15, 0.2) is 84.9 Å². The zero-order chi connectivity index (χ0) is 27.2. The SMILES string of the molecule is O=C(NC1CC1)C(=O)C1CCCN1C(=O)[C@H](Cc1ccccc1)NC(=O)c1cccc(Oc2ccccc2)c1. The van der Waals surface area contributed by atoms with Crippen LogP contribution in [0.1, 0.15) is 41.6 Å². The Labute approximate surface area is 227 Å². The molecule has 2 aliphatic rings. The molecular formula is C31H31N3O5. The average molecular weight is 526 g/mol. The number of Topliss-reactive ketones (excluding diaryl/α,β-unsaturated/α-hetero) is 1. The molecule has 3 amide bonds. The van der Waals surface area contributed by atoms with E-state index in [0.29, 0.717) is 36.4 Å². The number of hydrogen-bond acceptors (Lipinski definition) is 5. The first kappa shape index (κ1) is 26.2. The number of amides is 3. The molecule has 1 aliphatic heterocycles. The van der Waals surface area contributed by atoms with E-state index < -0.39 is 29.7 Å². The fourth-order valence-electron chi connectivity index (χ4n) is 4.76. The van der Waals surface area contributed by atoms with Crippen molar-refractivity contribution >= 4 is 23.5 Å². The second kappa shape index (κ2) is 11.9. The minimum absolute atomic E-state index is 0.0544. The summed E-state index contributed by atoms with van der Waals surface area (Å²) in [5.74, 6) is -0.908. The van der Waals surface area contributed by atoms with Gasteiger partial charge in [-0.15, -0.1) is 0 Å². The molecule has 0 spiro atoms. The Morgan fingerprint density at radius 1 is 0.846 bits per heavy atom. The molecule has 1 saturated heterocycles. The van der Waals surface area contributed by atoms with Crippen molar-refractivity contribution in [2.75, 3.05) is 6.54 Å². The summed E-state index contributed by atoms with van der Waals surface area (Å²) in [5.41, 5.74) is 1.21. The molecule has 2 N–H and O–H groups in total. The van der Waals surface area contributed by atoms with E-state index in [0.717, 1.165) is 18.4 Å². The first-order valence-electron chi connectivity index (χ1n) is 13.3. The Morgan fingerprint density at radius 3 is 2.26 bits per heavy atom. The zero-order valence-electron chi connectivity index (χ0n) is 21.5. The third kappa shape index (κ3) is 6.71. The van der Waals surface area contributed by atoms with Crippen LogP contribution in [-0.4, -0.2) is 53.1 Å². The van der Waals surface area contributed by atoms with Crippen LogP contribution in [0.4, 0.5) is 0 Å². The molecule has 3 aromatic carbocycles. The van der Waals surface area contributed by atoms with Crippen molar-refractivity contribution < 1.29 is 23.9 Å². The Hall–Kier alpha value is -4.46. The molecule has 3 aromatic rings. The molecule has 2 atom stereocenters. The molecule has 0 aromatic heterocycles. The lowest BCUT2D eigenvalue weighted by Gasteiger charge is -2.28. The fraction of sp³-hybridized carbons (Fsp3) is 0.290. The van der Waals surface area contributed by atoms with Gasteiger partial charge >= 0.3 is 0 Å². The van der Waals surface area contributed by atoms with E-state index in [1.165, 1.54) is 4.90 Å². The largest absolute Gasteiger partial charge is 0.457 e. The topological polar surface area (TPSA) is 105 Å². The van der Waals surface area contributed by atoms with Crippen LogP contribution in [0, 0.1) is 0 Å². The van der Waals surface area contributed by atoms with Gasteiger partial charge in [0.1, 0.15) is 23.6 Å². The predicted molar refractivity (Wildman–Crippen MR) is 145 cm³/mol.